The van der Waals surface area contributed by atoms with Gasteiger partial charge in [0.1, 0.15) is 42.7 Å². The van der Waals surface area contributed by atoms with Gasteiger partial charge in [-0.3, -0.25) is 0 Å². The molecule has 0 heterocycles. The van der Waals surface area contributed by atoms with Crippen LogP contribution in [0.25, 0.3) is 0 Å². The largest absolute Gasteiger partial charge is 0.384 e. The molecule has 0 fully saturated rings. The van der Waals surface area contributed by atoms with E-state index in [9.17, 15) is 0 Å². The predicted octanol–water partition coefficient (Wildman–Crippen LogP) is 6.12. The Morgan fingerprint density at radius 3 is 0.416 bits per heavy atom. The van der Waals surface area contributed by atoms with Crippen molar-refractivity contribution in [2.45, 2.75) is 70.9 Å². The molecule has 0 saturated carbocycles. The van der Waals surface area contributed by atoms with Crippen LogP contribution in [0.2, 0.25) is 0 Å². The molecule has 125 heavy (non-hydrogen) atoms. The molecule has 0 N–H and O–H groups in total. The van der Waals surface area contributed by atoms with Crippen molar-refractivity contribution in [1.82, 2.24) is 0 Å². The maximum atomic E-state index is 6.20. The Hall–Kier alpha value is -1.52. The first-order valence-electron chi connectivity index (χ1n) is 40.5. The van der Waals surface area contributed by atoms with Gasteiger partial charge in [0.05, 0.1) is 264 Å². The van der Waals surface area contributed by atoms with Crippen LogP contribution in [-0.2, 0) is 180 Å². The Kier molecular flexibility index (Phi) is 111. The number of hydrogen-bond donors (Lipinski definition) is 0. The maximum absolute atomic E-state index is 6.20. The Morgan fingerprint density at radius 2 is 0.288 bits per heavy atom. The Balaban J connectivity index is -0.000000186. The summed E-state index contributed by atoms with van der Waals surface area (Å²) < 4.78 is 202. The first kappa shape index (κ1) is 141. The van der Waals surface area contributed by atoms with Crippen LogP contribution in [0, 0.1) is 37.9 Å². The normalized spacial score (nSPS) is 13.4. The first-order valence-corrected chi connectivity index (χ1v) is 40.5. The smallest absolute Gasteiger partial charge is 0.114 e. The van der Waals surface area contributed by atoms with E-state index in [1.807, 2.05) is 0 Å². The van der Waals surface area contributed by atoms with E-state index in [0.29, 0.717) is 231 Å². The van der Waals surface area contributed by atoms with Crippen molar-refractivity contribution in [3.63, 3.8) is 0 Å². The Bertz CT molecular complexity index is 1820. The summed E-state index contributed by atoms with van der Waals surface area (Å²) in [4.78, 5) is 0. The van der Waals surface area contributed by atoms with Gasteiger partial charge in [0.25, 0.3) is 0 Å². The minimum atomic E-state index is -0.512. The number of methoxy groups -OCH3 is 34. The molecule has 0 spiro atoms. The van der Waals surface area contributed by atoms with Crippen LogP contribution < -0.4 is 0 Å². The molecule has 0 aliphatic heterocycles. The molecule has 0 aromatic rings. The molecule has 6 unspecified atom stereocenters. The molecule has 0 amide bonds. The van der Waals surface area contributed by atoms with E-state index in [0.717, 1.165) is 6.42 Å². The van der Waals surface area contributed by atoms with Crippen molar-refractivity contribution >= 4 is 0 Å². The highest BCUT2D eigenvalue weighted by Gasteiger charge is 2.41. The fourth-order valence-electron chi connectivity index (χ4n) is 13.4. The molecular formula is C87H192O38. The van der Waals surface area contributed by atoms with Crippen LogP contribution in [0.3, 0.4) is 0 Å². The summed E-state index contributed by atoms with van der Waals surface area (Å²) in [5, 5.41) is 0. The number of rotatable bonds is 81. The highest BCUT2D eigenvalue weighted by molar-refractivity contribution is 4.88. The second-order valence-electron chi connectivity index (χ2n) is 30.2. The third-order valence-electron chi connectivity index (χ3n) is 18.5. The van der Waals surface area contributed by atoms with E-state index in [2.05, 4.69) is 6.92 Å². The molecule has 768 valence electrons. The van der Waals surface area contributed by atoms with Gasteiger partial charge in [-0.25, -0.2) is 0 Å². The molecule has 0 aromatic carbocycles. The van der Waals surface area contributed by atoms with E-state index in [1.165, 1.54) is 0 Å². The van der Waals surface area contributed by atoms with Crippen molar-refractivity contribution in [3.8, 4) is 0 Å². The van der Waals surface area contributed by atoms with Gasteiger partial charge in [0.2, 0.25) is 0 Å². The van der Waals surface area contributed by atoms with Gasteiger partial charge in [-0.05, 0) is 6.42 Å². The zero-order chi connectivity index (χ0) is 94.9. The summed E-state index contributed by atoms with van der Waals surface area (Å²) in [7, 11) is 56.1. The van der Waals surface area contributed by atoms with Crippen molar-refractivity contribution in [2.24, 2.45) is 37.9 Å². The molecule has 0 aromatic heterocycles. The summed E-state index contributed by atoms with van der Waals surface area (Å²) in [5.41, 5.74) is -2.22. The van der Waals surface area contributed by atoms with Crippen LogP contribution in [0.5, 0.6) is 0 Å². The third-order valence-corrected chi connectivity index (χ3v) is 18.5. The van der Waals surface area contributed by atoms with Gasteiger partial charge in [0.15, 0.2) is 0 Å². The zero-order valence-electron chi connectivity index (χ0n) is 83.5. The predicted molar refractivity (Wildman–Crippen MR) is 480 cm³/mol. The summed E-state index contributed by atoms with van der Waals surface area (Å²) >= 11 is 0. The highest BCUT2D eigenvalue weighted by Crippen LogP contribution is 2.29. The van der Waals surface area contributed by atoms with Crippen molar-refractivity contribution < 1.29 is 180 Å². The van der Waals surface area contributed by atoms with E-state index in [4.69, 9.17) is 180 Å². The number of ether oxygens (including phenoxy) is 38. The van der Waals surface area contributed by atoms with Crippen LogP contribution in [0.4, 0.5) is 0 Å². The van der Waals surface area contributed by atoms with Gasteiger partial charge in [-0.1, -0.05) is 21.8 Å². The lowest BCUT2D eigenvalue weighted by Gasteiger charge is -2.37. The van der Waals surface area contributed by atoms with Crippen molar-refractivity contribution in [2.75, 3.05) is 473 Å². The molecule has 0 aliphatic rings. The summed E-state index contributed by atoms with van der Waals surface area (Å²) in [6.45, 7) is 19.3. The maximum Gasteiger partial charge on any atom is 0.114 e. The first-order chi connectivity index (χ1) is 59.3. The van der Waals surface area contributed by atoms with E-state index in [-0.39, 0.29) is 79.2 Å². The van der Waals surface area contributed by atoms with Gasteiger partial charge < -0.3 is 180 Å². The minimum Gasteiger partial charge on any atom is -0.384 e. The Morgan fingerprint density at radius 1 is 0.144 bits per heavy atom. The van der Waals surface area contributed by atoms with Crippen LogP contribution in [-0.4, -0.2) is 516 Å². The van der Waals surface area contributed by atoms with Gasteiger partial charge >= 0.3 is 0 Å². The van der Waals surface area contributed by atoms with Gasteiger partial charge in [-0.2, -0.15) is 0 Å². The molecular weight excluding hydrogens is 1650 g/mol. The summed E-state index contributed by atoms with van der Waals surface area (Å²) in [5.74, 6) is 0. The van der Waals surface area contributed by atoms with Crippen LogP contribution >= 0.6 is 0 Å². The summed E-state index contributed by atoms with van der Waals surface area (Å²) in [6, 6.07) is 0. The highest BCUT2D eigenvalue weighted by atomic mass is 16.6. The fraction of sp³-hybridized carbons (Fsp3) is 1.00. The SMILES string of the molecule is C.C.CCC(COC)(COC)COC.COCC(COC)(COC)COC.COCC(COC)(COC)COCC(COC)(COC)COC.COCC(COC)(COC)COCC(COC)(COC)COCC(COC)(COC)COC.COCC(COC)OC.COCC(COCC(COC)OC)OC.COCC(OC)C(OC)C(OC)C(COC)OC. The average molecular weight is 1850 g/mol. The summed E-state index contributed by atoms with van der Waals surface area (Å²) in [6.07, 6.45) is -0.0770. The molecule has 0 rings (SSSR count). The molecule has 6 atom stereocenters. The second kappa shape index (κ2) is 98.5. The zero-order valence-corrected chi connectivity index (χ0v) is 83.5. The molecule has 38 nitrogen and oxygen atoms in total. The van der Waals surface area contributed by atoms with Crippen molar-refractivity contribution in [3.05, 3.63) is 0 Å². The minimum absolute atomic E-state index is 0. The lowest BCUT2D eigenvalue weighted by atomic mass is 9.88. The van der Waals surface area contributed by atoms with E-state index >= 15 is 0 Å². The van der Waals surface area contributed by atoms with Gasteiger partial charge in [-0.15, -0.1) is 0 Å². The monoisotopic (exact) mass is 1850 g/mol. The quantitative estimate of drug-likeness (QED) is 0.0662. The average Bonchev–Trinajstić information content (AvgIpc) is 0.846. The van der Waals surface area contributed by atoms with Gasteiger partial charge in [0, 0.05) is 247 Å². The van der Waals surface area contributed by atoms with Crippen LogP contribution in [0.15, 0.2) is 0 Å². The fourth-order valence-corrected chi connectivity index (χ4v) is 13.4. The van der Waals surface area contributed by atoms with Crippen molar-refractivity contribution in [1.29, 1.82) is 0 Å². The third kappa shape index (κ3) is 69.9. The molecule has 0 saturated heterocycles. The van der Waals surface area contributed by atoms with Crippen LogP contribution in [0.1, 0.15) is 28.2 Å². The topological polar surface area (TPSA) is 351 Å². The Labute approximate surface area is 758 Å². The molecule has 0 bridgehead atoms. The lowest BCUT2D eigenvalue weighted by molar-refractivity contribution is -0.166. The molecule has 0 aliphatic carbocycles. The number of hydrogen-bond acceptors (Lipinski definition) is 38. The van der Waals surface area contributed by atoms with E-state index < -0.39 is 16.2 Å². The second-order valence-corrected chi connectivity index (χ2v) is 30.2. The molecule has 38 heteroatoms. The lowest BCUT2D eigenvalue weighted by Crippen LogP contribution is -2.50. The van der Waals surface area contributed by atoms with E-state index in [1.54, 1.807) is 242 Å². The standard InChI is InChI=1S/C23H48O10.C16H34O7.C12H26O6.C10H22O5.C9H20O4.C9H20O3.C6H14O3.2CH4/c1-24-9-21(10-25-2,11-26-3)17-32-19-23(15-30-7,16-31-8)20-33-18-22(12-27-4,13-28-5)14-29-6;1-17-7-15(8-18-2,9-19-3)13-23-14-16(10-20-4,11-21-5)12-22-6;1-13-7-9(15-3)11(17-5)12(18-6)10(16-4)8-14-2;1-11-5-9(13-3)7-15-8-10(14-4)6-12-2;1-10-5-9(6-11-2,7-12-3)8-13-4;1-5-9(6-10-2,7-11-3)8-12-4;1-7-4-6(9-3)5-8-2;;/h9-20H2,1-8H3;7-14H2,1-6H3;9-12H,7-8H2,1-6H3;9-10H,5-8H2,1-4H3;5-8H2,1-4H3;5-8H2,1-4H3;6H,4-5H2,1-3H3;2*1H4. The molecule has 0 radical (unpaired) electrons.